The van der Waals surface area contributed by atoms with Crippen LogP contribution in [0.1, 0.15) is 64.5 Å². The Bertz CT molecular complexity index is 1260. The molecule has 222 valence electrons. The SMILES string of the molecule is CCC1(C(=O)OCOc2ccc(F)c3c2CCC(=O)N3Cc2ccc(OC)cc2)CCN(C(=O)OC(C)(C)C)CC1. The van der Waals surface area contributed by atoms with Crippen LogP contribution in [-0.4, -0.2) is 55.5 Å². The van der Waals surface area contributed by atoms with Crippen LogP contribution in [0, 0.1) is 11.2 Å². The molecule has 1 saturated heterocycles. The number of piperidine rings is 1. The number of nitrogens with zero attached hydrogens (tertiary/aromatic N) is 2. The van der Waals surface area contributed by atoms with Gasteiger partial charge in [0.15, 0.2) is 0 Å². The normalized spacial score (nSPS) is 16.6. The van der Waals surface area contributed by atoms with E-state index >= 15 is 4.39 Å². The van der Waals surface area contributed by atoms with E-state index in [0.717, 1.165) is 5.56 Å². The molecule has 2 heterocycles. The average molecular weight is 571 g/mol. The second kappa shape index (κ2) is 12.4. The molecule has 9 nitrogen and oxygen atoms in total. The number of methoxy groups -OCH3 is 1. The molecule has 0 spiro atoms. The summed E-state index contributed by atoms with van der Waals surface area (Å²) in [7, 11) is 1.57. The molecule has 10 heteroatoms. The first-order valence-electron chi connectivity index (χ1n) is 14.0. The lowest BCUT2D eigenvalue weighted by Gasteiger charge is -2.39. The number of benzene rings is 2. The first kappa shape index (κ1) is 30.1. The maximum Gasteiger partial charge on any atom is 0.410 e. The summed E-state index contributed by atoms with van der Waals surface area (Å²) in [4.78, 5) is 41.5. The molecule has 0 N–H and O–H groups in total. The summed E-state index contributed by atoms with van der Waals surface area (Å²) in [5, 5.41) is 0. The second-order valence-electron chi connectivity index (χ2n) is 11.5. The number of esters is 1. The van der Waals surface area contributed by atoms with Gasteiger partial charge in [-0.1, -0.05) is 19.1 Å². The molecule has 2 aromatic carbocycles. The second-order valence-corrected chi connectivity index (χ2v) is 11.5. The third kappa shape index (κ3) is 6.92. The minimum atomic E-state index is -0.730. The number of carbonyl (C=O) groups is 3. The molecule has 0 aliphatic carbocycles. The van der Waals surface area contributed by atoms with Crippen LogP contribution in [0.25, 0.3) is 0 Å². The fourth-order valence-electron chi connectivity index (χ4n) is 5.28. The zero-order chi connectivity index (χ0) is 29.8. The van der Waals surface area contributed by atoms with Crippen molar-refractivity contribution in [3.05, 3.63) is 53.3 Å². The van der Waals surface area contributed by atoms with Gasteiger partial charge in [0.1, 0.15) is 22.9 Å². The summed E-state index contributed by atoms with van der Waals surface area (Å²) in [5.41, 5.74) is 0.248. The van der Waals surface area contributed by atoms with Gasteiger partial charge in [-0.25, -0.2) is 9.18 Å². The molecule has 41 heavy (non-hydrogen) atoms. The number of fused-ring (bicyclic) bond motifs is 1. The van der Waals surface area contributed by atoms with Crippen LogP contribution in [0.2, 0.25) is 0 Å². The number of halogens is 1. The van der Waals surface area contributed by atoms with E-state index in [9.17, 15) is 14.4 Å². The summed E-state index contributed by atoms with van der Waals surface area (Å²) in [6.07, 6.45) is 1.59. The molecule has 2 aliphatic rings. The number of amides is 2. The standard InChI is InChI=1S/C31H39FN2O7/c1-6-31(15-17-33(18-16-31)29(37)41-30(2,3)4)28(36)40-20-39-25-13-12-24(32)27-23(25)11-14-26(35)34(27)19-21-7-9-22(38-5)10-8-21/h7-10,12-13H,6,11,14-20H2,1-5H3. The Balaban J connectivity index is 1.40. The molecule has 4 rings (SSSR count). The quantitative estimate of drug-likeness (QED) is 0.300. The van der Waals surface area contributed by atoms with Crippen molar-refractivity contribution in [2.75, 3.05) is 31.9 Å². The topological polar surface area (TPSA) is 94.6 Å². The van der Waals surface area contributed by atoms with Gasteiger partial charge in [-0.05, 0) is 76.3 Å². The Kier molecular flexibility index (Phi) is 9.09. The van der Waals surface area contributed by atoms with Gasteiger partial charge in [-0.2, -0.15) is 0 Å². The van der Waals surface area contributed by atoms with Crippen molar-refractivity contribution in [2.24, 2.45) is 5.41 Å². The first-order valence-corrected chi connectivity index (χ1v) is 14.0. The van der Waals surface area contributed by atoms with Crippen molar-refractivity contribution in [3.8, 4) is 11.5 Å². The van der Waals surface area contributed by atoms with Crippen molar-refractivity contribution in [1.82, 2.24) is 4.90 Å². The first-order chi connectivity index (χ1) is 19.5. The van der Waals surface area contributed by atoms with Crippen LogP contribution < -0.4 is 14.4 Å². The minimum absolute atomic E-state index is 0.181. The highest BCUT2D eigenvalue weighted by Crippen LogP contribution is 2.39. The Labute approximate surface area is 240 Å². The van der Waals surface area contributed by atoms with E-state index in [-0.39, 0.29) is 37.4 Å². The van der Waals surface area contributed by atoms with E-state index in [4.69, 9.17) is 18.9 Å². The van der Waals surface area contributed by atoms with Crippen LogP contribution >= 0.6 is 0 Å². The monoisotopic (exact) mass is 570 g/mol. The van der Waals surface area contributed by atoms with Crippen LogP contribution in [0.4, 0.5) is 14.9 Å². The fourth-order valence-corrected chi connectivity index (χ4v) is 5.28. The lowest BCUT2D eigenvalue weighted by molar-refractivity contribution is -0.166. The summed E-state index contributed by atoms with van der Waals surface area (Å²) in [6.45, 7) is 8.01. The van der Waals surface area contributed by atoms with E-state index in [1.54, 1.807) is 24.1 Å². The minimum Gasteiger partial charge on any atom is -0.497 e. The maximum atomic E-state index is 15.1. The molecular formula is C31H39FN2O7. The lowest BCUT2D eigenvalue weighted by atomic mass is 9.76. The largest absolute Gasteiger partial charge is 0.497 e. The van der Waals surface area contributed by atoms with E-state index in [2.05, 4.69) is 0 Å². The Hall–Kier alpha value is -3.82. The van der Waals surface area contributed by atoms with E-state index in [1.165, 1.54) is 17.0 Å². The Morgan fingerprint density at radius 2 is 1.71 bits per heavy atom. The summed E-state index contributed by atoms with van der Waals surface area (Å²) in [6, 6.07) is 10.0. The van der Waals surface area contributed by atoms with Crippen LogP contribution in [0.5, 0.6) is 11.5 Å². The smallest absolute Gasteiger partial charge is 0.410 e. The zero-order valence-electron chi connectivity index (χ0n) is 24.5. The number of anilines is 1. The molecule has 0 radical (unpaired) electrons. The van der Waals surface area contributed by atoms with Gasteiger partial charge in [0.2, 0.25) is 12.7 Å². The zero-order valence-corrected chi connectivity index (χ0v) is 24.5. The van der Waals surface area contributed by atoms with Crippen LogP contribution in [-0.2, 0) is 32.0 Å². The van der Waals surface area contributed by atoms with Crippen molar-refractivity contribution in [2.45, 2.75) is 71.9 Å². The predicted octanol–water partition coefficient (Wildman–Crippen LogP) is 5.62. The van der Waals surface area contributed by atoms with Crippen molar-refractivity contribution in [1.29, 1.82) is 0 Å². The van der Waals surface area contributed by atoms with Gasteiger partial charge in [0, 0.05) is 25.1 Å². The lowest BCUT2D eigenvalue weighted by Crippen LogP contribution is -2.48. The summed E-state index contributed by atoms with van der Waals surface area (Å²) < 4.78 is 37.1. The predicted molar refractivity (Wildman–Crippen MR) is 150 cm³/mol. The number of hydrogen-bond donors (Lipinski definition) is 0. The molecule has 1 fully saturated rings. The number of likely N-dealkylation sites (tertiary alicyclic amines) is 1. The number of hydrogen-bond acceptors (Lipinski definition) is 7. The highest BCUT2D eigenvalue weighted by atomic mass is 19.1. The maximum absolute atomic E-state index is 15.1. The molecule has 0 unspecified atom stereocenters. The van der Waals surface area contributed by atoms with Crippen LogP contribution in [0.15, 0.2) is 36.4 Å². The number of rotatable bonds is 8. The van der Waals surface area contributed by atoms with Gasteiger partial charge in [-0.15, -0.1) is 0 Å². The molecular weight excluding hydrogens is 531 g/mol. The van der Waals surface area contributed by atoms with Gasteiger partial charge in [0.25, 0.3) is 0 Å². The third-order valence-corrected chi connectivity index (χ3v) is 7.74. The van der Waals surface area contributed by atoms with E-state index in [1.807, 2.05) is 39.8 Å². The van der Waals surface area contributed by atoms with Crippen LogP contribution in [0.3, 0.4) is 0 Å². The molecule has 0 bridgehead atoms. The highest BCUT2D eigenvalue weighted by Gasteiger charge is 2.43. The molecule has 0 atom stereocenters. The van der Waals surface area contributed by atoms with Gasteiger partial charge < -0.3 is 28.7 Å². The van der Waals surface area contributed by atoms with Crippen molar-refractivity contribution < 1.29 is 37.7 Å². The Morgan fingerprint density at radius 1 is 1.02 bits per heavy atom. The van der Waals surface area contributed by atoms with Gasteiger partial charge >= 0.3 is 12.1 Å². The summed E-state index contributed by atoms with van der Waals surface area (Å²) >= 11 is 0. The molecule has 2 aliphatic heterocycles. The van der Waals surface area contributed by atoms with E-state index < -0.39 is 22.8 Å². The van der Waals surface area contributed by atoms with Crippen molar-refractivity contribution in [3.63, 3.8) is 0 Å². The Morgan fingerprint density at radius 3 is 2.32 bits per heavy atom. The average Bonchev–Trinajstić information content (AvgIpc) is 2.95. The molecule has 2 aromatic rings. The molecule has 0 saturated carbocycles. The number of carbonyl (C=O) groups excluding carboxylic acids is 3. The number of ether oxygens (including phenoxy) is 4. The third-order valence-electron chi connectivity index (χ3n) is 7.74. The summed E-state index contributed by atoms with van der Waals surface area (Å²) in [5.74, 6) is -0.0390. The van der Waals surface area contributed by atoms with Crippen molar-refractivity contribution >= 4 is 23.7 Å². The van der Waals surface area contributed by atoms with E-state index in [0.29, 0.717) is 55.8 Å². The van der Waals surface area contributed by atoms with Gasteiger partial charge in [0.05, 0.1) is 24.8 Å². The van der Waals surface area contributed by atoms with Gasteiger partial charge in [-0.3, -0.25) is 9.59 Å². The molecule has 2 amide bonds. The highest BCUT2D eigenvalue weighted by molar-refractivity contribution is 5.97. The fraction of sp³-hybridized carbons (Fsp3) is 0.516. The molecule has 0 aromatic heterocycles.